The van der Waals surface area contributed by atoms with Crippen molar-refractivity contribution in [3.05, 3.63) is 56.8 Å². The van der Waals surface area contributed by atoms with E-state index in [2.05, 4.69) is 20.9 Å². The number of nitrogens with zero attached hydrogens (tertiary/aromatic N) is 2. The normalized spacial score (nSPS) is 12.6. The quantitative estimate of drug-likeness (QED) is 0.538. The fraction of sp³-hybridized carbons (Fsp3) is 0.222. The van der Waals surface area contributed by atoms with E-state index in [9.17, 15) is 13.2 Å². The fourth-order valence-electron chi connectivity index (χ4n) is 2.55. The first kappa shape index (κ1) is 20.3. The molecule has 0 bridgehead atoms. The molecule has 142 valence electrons. The zero-order chi connectivity index (χ0) is 19.6. The van der Waals surface area contributed by atoms with Gasteiger partial charge in [-0.05, 0) is 48.9 Å². The van der Waals surface area contributed by atoms with Gasteiger partial charge in [0.1, 0.15) is 0 Å². The third kappa shape index (κ3) is 4.87. The maximum atomic E-state index is 12.3. The topological polar surface area (TPSA) is 68.5 Å². The third-order valence-electron chi connectivity index (χ3n) is 3.97. The highest BCUT2D eigenvalue weighted by molar-refractivity contribution is 9.10. The molecule has 0 unspecified atom stereocenters. The van der Waals surface area contributed by atoms with Gasteiger partial charge in [0.15, 0.2) is 14.6 Å². The first-order valence-electron chi connectivity index (χ1n) is 8.07. The molecule has 0 atom stereocenters. The second kappa shape index (κ2) is 8.26. The number of aromatic nitrogens is 1. The molecule has 1 heterocycles. The SMILES string of the molecule is Cn1c(=NC(=O)CCCS(=O)(=O)c2ccc(Cl)cc2)sc2cc(Br)ccc21. The number of benzene rings is 2. The standard InChI is InChI=1S/C18H16BrClN2O3S2/c1-22-15-9-4-12(19)11-16(15)26-18(22)21-17(23)3-2-10-27(24,25)14-7-5-13(20)6-8-14/h4-9,11H,2-3,10H2,1H3. The number of fused-ring (bicyclic) bond motifs is 1. The van der Waals surface area contributed by atoms with Crippen molar-refractivity contribution in [3.8, 4) is 0 Å². The number of amides is 1. The number of hydrogen-bond acceptors (Lipinski definition) is 4. The largest absolute Gasteiger partial charge is 0.319 e. The number of aryl methyl sites for hydroxylation is 1. The lowest BCUT2D eigenvalue weighted by molar-refractivity contribution is -0.118. The van der Waals surface area contributed by atoms with Gasteiger partial charge in [0.25, 0.3) is 0 Å². The minimum absolute atomic E-state index is 0.0742. The lowest BCUT2D eigenvalue weighted by Crippen LogP contribution is -2.14. The van der Waals surface area contributed by atoms with E-state index >= 15 is 0 Å². The maximum Gasteiger partial charge on any atom is 0.248 e. The van der Waals surface area contributed by atoms with Crippen LogP contribution in [0.25, 0.3) is 10.2 Å². The van der Waals surface area contributed by atoms with Gasteiger partial charge < -0.3 is 4.57 Å². The second-order valence-corrected chi connectivity index (χ2v) is 10.4. The molecule has 0 saturated heterocycles. The highest BCUT2D eigenvalue weighted by atomic mass is 79.9. The van der Waals surface area contributed by atoms with E-state index in [1.165, 1.54) is 35.6 Å². The molecular weight excluding hydrogens is 472 g/mol. The maximum absolute atomic E-state index is 12.3. The molecule has 3 rings (SSSR count). The van der Waals surface area contributed by atoms with Crippen LogP contribution in [0, 0.1) is 0 Å². The van der Waals surface area contributed by atoms with Crippen LogP contribution >= 0.6 is 38.9 Å². The molecule has 27 heavy (non-hydrogen) atoms. The molecule has 0 fully saturated rings. The number of rotatable bonds is 5. The first-order chi connectivity index (χ1) is 12.8. The molecule has 9 heteroatoms. The van der Waals surface area contributed by atoms with E-state index in [0.717, 1.165) is 14.7 Å². The molecule has 0 spiro atoms. The summed E-state index contributed by atoms with van der Waals surface area (Å²) in [5.74, 6) is -0.441. The Balaban J connectivity index is 1.69. The predicted molar refractivity (Wildman–Crippen MR) is 112 cm³/mol. The molecule has 0 radical (unpaired) electrons. The van der Waals surface area contributed by atoms with Gasteiger partial charge in [-0.2, -0.15) is 4.99 Å². The number of hydrogen-bond donors (Lipinski definition) is 0. The Labute approximate surface area is 174 Å². The van der Waals surface area contributed by atoms with Crippen molar-refractivity contribution >= 4 is 64.8 Å². The summed E-state index contributed by atoms with van der Waals surface area (Å²) < 4.78 is 28.4. The van der Waals surface area contributed by atoms with Crippen LogP contribution in [0.1, 0.15) is 12.8 Å². The van der Waals surface area contributed by atoms with Crippen LogP contribution in [0.15, 0.2) is 56.8 Å². The van der Waals surface area contributed by atoms with E-state index < -0.39 is 9.84 Å². The third-order valence-corrected chi connectivity index (χ3v) is 7.62. The van der Waals surface area contributed by atoms with Gasteiger partial charge in [-0.1, -0.05) is 38.9 Å². The van der Waals surface area contributed by atoms with Gasteiger partial charge in [-0.3, -0.25) is 4.79 Å². The number of sulfone groups is 1. The molecule has 0 aliphatic rings. The van der Waals surface area contributed by atoms with Crippen molar-refractivity contribution in [2.75, 3.05) is 5.75 Å². The van der Waals surface area contributed by atoms with E-state index in [1.807, 2.05) is 29.8 Å². The lowest BCUT2D eigenvalue weighted by atomic mass is 10.3. The van der Waals surface area contributed by atoms with Crippen molar-refractivity contribution in [3.63, 3.8) is 0 Å². The molecule has 1 amide bonds. The minimum Gasteiger partial charge on any atom is -0.319 e. The summed E-state index contributed by atoms with van der Waals surface area (Å²) in [6.07, 6.45) is 0.290. The number of halogens is 2. The van der Waals surface area contributed by atoms with E-state index in [1.54, 1.807) is 0 Å². The molecule has 3 aromatic rings. The van der Waals surface area contributed by atoms with Gasteiger partial charge in [0.05, 0.1) is 20.9 Å². The predicted octanol–water partition coefficient (Wildman–Crippen LogP) is 4.34. The van der Waals surface area contributed by atoms with E-state index in [-0.39, 0.29) is 29.4 Å². The summed E-state index contributed by atoms with van der Waals surface area (Å²) >= 11 is 10.6. The monoisotopic (exact) mass is 486 g/mol. The first-order valence-corrected chi connectivity index (χ1v) is 11.7. The Kier molecular flexibility index (Phi) is 6.20. The lowest BCUT2D eigenvalue weighted by Gasteiger charge is -2.03. The summed E-state index contributed by atoms with van der Waals surface area (Å²) in [6, 6.07) is 11.9. The molecular formula is C18H16BrClN2O3S2. The van der Waals surface area contributed by atoms with Crippen molar-refractivity contribution in [1.82, 2.24) is 4.57 Å². The highest BCUT2D eigenvalue weighted by Gasteiger charge is 2.15. The summed E-state index contributed by atoms with van der Waals surface area (Å²) in [5, 5.41) is 0.478. The Bertz CT molecular complexity index is 1170. The molecule has 2 aromatic carbocycles. The van der Waals surface area contributed by atoms with Crippen molar-refractivity contribution in [2.24, 2.45) is 12.0 Å². The van der Waals surface area contributed by atoms with Crippen LogP contribution in [0.5, 0.6) is 0 Å². The van der Waals surface area contributed by atoms with Gasteiger partial charge in [0, 0.05) is 23.0 Å². The molecule has 0 aliphatic heterocycles. The van der Waals surface area contributed by atoms with Gasteiger partial charge in [0.2, 0.25) is 5.91 Å². The number of carbonyl (C=O) groups is 1. The smallest absolute Gasteiger partial charge is 0.248 e. The van der Waals surface area contributed by atoms with E-state index in [4.69, 9.17) is 11.6 Å². The number of thiazole rings is 1. The van der Waals surface area contributed by atoms with Gasteiger partial charge >= 0.3 is 0 Å². The molecule has 0 N–H and O–H groups in total. The van der Waals surface area contributed by atoms with Crippen LogP contribution < -0.4 is 4.80 Å². The second-order valence-electron chi connectivity index (χ2n) is 5.94. The van der Waals surface area contributed by atoms with Crippen molar-refractivity contribution in [1.29, 1.82) is 0 Å². The summed E-state index contributed by atoms with van der Waals surface area (Å²) in [5.41, 5.74) is 0.986. The Hall–Kier alpha value is -1.48. The van der Waals surface area contributed by atoms with E-state index in [0.29, 0.717) is 9.82 Å². The van der Waals surface area contributed by atoms with Crippen LogP contribution in [-0.2, 0) is 21.7 Å². The highest BCUT2D eigenvalue weighted by Crippen LogP contribution is 2.21. The average Bonchev–Trinajstić information content (AvgIpc) is 2.90. The summed E-state index contributed by atoms with van der Waals surface area (Å²) in [4.78, 5) is 17.1. The minimum atomic E-state index is -3.44. The molecule has 0 aliphatic carbocycles. The Morgan fingerprint density at radius 3 is 2.63 bits per heavy atom. The van der Waals surface area contributed by atoms with Gasteiger partial charge in [-0.15, -0.1) is 0 Å². The van der Waals surface area contributed by atoms with Gasteiger partial charge in [-0.25, -0.2) is 8.42 Å². The summed E-state index contributed by atoms with van der Waals surface area (Å²) in [6.45, 7) is 0. The molecule has 1 aromatic heterocycles. The Morgan fingerprint density at radius 2 is 1.93 bits per heavy atom. The van der Waals surface area contributed by atoms with Crippen LogP contribution in [0.4, 0.5) is 0 Å². The molecule has 5 nitrogen and oxygen atoms in total. The Morgan fingerprint density at radius 1 is 1.22 bits per heavy atom. The fourth-order valence-corrected chi connectivity index (χ4v) is 5.57. The van der Waals surface area contributed by atoms with Crippen LogP contribution in [0.2, 0.25) is 5.02 Å². The van der Waals surface area contributed by atoms with Crippen molar-refractivity contribution < 1.29 is 13.2 Å². The molecule has 0 saturated carbocycles. The zero-order valence-corrected chi connectivity index (χ0v) is 18.3. The summed E-state index contributed by atoms with van der Waals surface area (Å²) in [7, 11) is -1.59. The van der Waals surface area contributed by atoms with Crippen LogP contribution in [-0.4, -0.2) is 24.6 Å². The van der Waals surface area contributed by atoms with Crippen LogP contribution in [0.3, 0.4) is 0 Å². The number of carbonyl (C=O) groups excluding carboxylic acids is 1. The van der Waals surface area contributed by atoms with Crippen molar-refractivity contribution in [2.45, 2.75) is 17.7 Å². The average molecular weight is 488 g/mol. The zero-order valence-electron chi connectivity index (χ0n) is 14.4.